The fourth-order valence-corrected chi connectivity index (χ4v) is 3.09. The van der Waals surface area contributed by atoms with Gasteiger partial charge in [-0.2, -0.15) is 0 Å². The third-order valence-corrected chi connectivity index (χ3v) is 4.54. The van der Waals surface area contributed by atoms with Crippen LogP contribution in [-0.4, -0.2) is 42.8 Å². The van der Waals surface area contributed by atoms with Crippen LogP contribution in [0.15, 0.2) is 30.6 Å². The lowest BCUT2D eigenvalue weighted by atomic mass is 10.0. The van der Waals surface area contributed by atoms with Gasteiger partial charge in [0.25, 0.3) is 0 Å². The Labute approximate surface area is 171 Å². The Hall–Kier alpha value is -1.96. The molecular weight excluding hydrogens is 391 g/mol. The molecule has 0 radical (unpaired) electrons. The minimum atomic E-state index is -0.378. The summed E-state index contributed by atoms with van der Waals surface area (Å²) in [5.41, 5.74) is 0.866. The molecule has 1 aromatic heterocycles. The Bertz CT molecular complexity index is 726. The molecule has 0 bridgehead atoms. The van der Waals surface area contributed by atoms with E-state index in [2.05, 4.69) is 15.6 Å². The minimum Gasteiger partial charge on any atom is -0.497 e. The Kier molecular flexibility index (Phi) is 8.88. The number of imidazole rings is 1. The maximum absolute atomic E-state index is 12.7. The topological polar surface area (TPSA) is 77.4 Å². The highest BCUT2D eigenvalue weighted by molar-refractivity contribution is 5.85. The molecule has 2 aromatic rings. The van der Waals surface area contributed by atoms with E-state index in [0.717, 1.165) is 24.4 Å². The smallest absolute Gasteiger partial charge is 0.225 e. The predicted octanol–water partition coefficient (Wildman–Crippen LogP) is 2.10. The van der Waals surface area contributed by atoms with Crippen LogP contribution in [0.4, 0.5) is 0 Å². The van der Waals surface area contributed by atoms with Crippen molar-refractivity contribution in [3.8, 4) is 11.5 Å². The van der Waals surface area contributed by atoms with Crippen LogP contribution in [0.5, 0.6) is 11.5 Å². The normalized spacial score (nSPS) is 16.6. The van der Waals surface area contributed by atoms with E-state index in [1.54, 1.807) is 20.4 Å². The number of ether oxygens (including phenoxy) is 2. The highest BCUT2D eigenvalue weighted by Crippen LogP contribution is 2.29. The van der Waals surface area contributed by atoms with Gasteiger partial charge in [-0.05, 0) is 30.7 Å². The number of hydrogen-bond donors (Lipinski definition) is 2. The molecule has 2 N–H and O–H groups in total. The Balaban J connectivity index is 0.00000182. The second-order valence-electron chi connectivity index (χ2n) is 6.17. The second-order valence-corrected chi connectivity index (χ2v) is 6.17. The van der Waals surface area contributed by atoms with Crippen molar-refractivity contribution in [2.24, 2.45) is 13.0 Å². The van der Waals surface area contributed by atoms with E-state index in [9.17, 15) is 4.79 Å². The van der Waals surface area contributed by atoms with Gasteiger partial charge in [0, 0.05) is 32.1 Å². The third-order valence-electron chi connectivity index (χ3n) is 4.54. The molecule has 1 fully saturated rings. The summed E-state index contributed by atoms with van der Waals surface area (Å²) in [6, 6.07) is 5.23. The zero-order valence-electron chi connectivity index (χ0n) is 15.6. The molecule has 3 rings (SSSR count). The van der Waals surface area contributed by atoms with Crippen molar-refractivity contribution in [3.63, 3.8) is 0 Å². The Morgan fingerprint density at radius 2 is 1.93 bits per heavy atom. The third kappa shape index (κ3) is 5.28. The fourth-order valence-electron chi connectivity index (χ4n) is 3.09. The molecule has 2 unspecified atom stereocenters. The van der Waals surface area contributed by atoms with Crippen LogP contribution in [0.1, 0.15) is 23.9 Å². The number of carbonyl (C=O) groups excluding carboxylic acids is 1. The average molecular weight is 417 g/mol. The van der Waals surface area contributed by atoms with Gasteiger partial charge in [-0.25, -0.2) is 4.98 Å². The molecular formula is C18H26Cl2N4O3. The quantitative estimate of drug-likeness (QED) is 0.753. The first-order valence-corrected chi connectivity index (χ1v) is 8.33. The van der Waals surface area contributed by atoms with Crippen molar-refractivity contribution in [1.82, 2.24) is 20.2 Å². The summed E-state index contributed by atoms with van der Waals surface area (Å²) >= 11 is 0. The fraction of sp³-hybridized carbons (Fsp3) is 0.444. The van der Waals surface area contributed by atoms with Gasteiger partial charge in [0.2, 0.25) is 5.91 Å². The molecule has 2 atom stereocenters. The standard InChI is InChI=1S/C18H24N4O3.2ClH/c1-22-7-6-20-17(22)16(21-18(23)12-4-5-19-11-12)13-8-14(24-2)10-15(9-13)25-3;;/h6-10,12,16,19H,4-5,11H2,1-3H3,(H,21,23);2*1H. The number of hydrogen-bond acceptors (Lipinski definition) is 5. The molecule has 150 valence electrons. The van der Waals surface area contributed by atoms with Crippen molar-refractivity contribution in [2.45, 2.75) is 12.5 Å². The number of amides is 1. The lowest BCUT2D eigenvalue weighted by Gasteiger charge is -2.22. The molecule has 1 aliphatic heterocycles. The molecule has 7 nitrogen and oxygen atoms in total. The highest BCUT2D eigenvalue weighted by Gasteiger charge is 2.28. The van der Waals surface area contributed by atoms with E-state index >= 15 is 0 Å². The first-order chi connectivity index (χ1) is 12.1. The van der Waals surface area contributed by atoms with Crippen LogP contribution in [0.25, 0.3) is 0 Å². The van der Waals surface area contributed by atoms with Crippen molar-refractivity contribution in [1.29, 1.82) is 0 Å². The van der Waals surface area contributed by atoms with Gasteiger partial charge in [-0.1, -0.05) is 0 Å². The van der Waals surface area contributed by atoms with Crippen molar-refractivity contribution < 1.29 is 14.3 Å². The van der Waals surface area contributed by atoms with Crippen LogP contribution >= 0.6 is 24.8 Å². The zero-order chi connectivity index (χ0) is 17.8. The number of methoxy groups -OCH3 is 2. The molecule has 1 saturated heterocycles. The van der Waals surface area contributed by atoms with E-state index in [1.807, 2.05) is 36.0 Å². The van der Waals surface area contributed by atoms with Crippen LogP contribution in [0.3, 0.4) is 0 Å². The van der Waals surface area contributed by atoms with Gasteiger partial charge < -0.3 is 24.7 Å². The molecule has 27 heavy (non-hydrogen) atoms. The summed E-state index contributed by atoms with van der Waals surface area (Å²) in [6.45, 7) is 1.58. The number of aromatic nitrogens is 2. The van der Waals surface area contributed by atoms with Gasteiger partial charge in [0.15, 0.2) is 0 Å². The monoisotopic (exact) mass is 416 g/mol. The molecule has 1 aliphatic rings. The van der Waals surface area contributed by atoms with E-state index in [0.29, 0.717) is 18.0 Å². The second kappa shape index (κ2) is 10.4. The zero-order valence-corrected chi connectivity index (χ0v) is 17.2. The predicted molar refractivity (Wildman–Crippen MR) is 108 cm³/mol. The number of rotatable bonds is 6. The number of nitrogens with one attached hydrogen (secondary N) is 2. The van der Waals surface area contributed by atoms with E-state index in [-0.39, 0.29) is 42.7 Å². The lowest BCUT2D eigenvalue weighted by molar-refractivity contribution is -0.125. The first-order valence-electron chi connectivity index (χ1n) is 8.33. The molecule has 0 saturated carbocycles. The molecule has 9 heteroatoms. The lowest BCUT2D eigenvalue weighted by Crippen LogP contribution is -2.36. The Morgan fingerprint density at radius 1 is 1.26 bits per heavy atom. The van der Waals surface area contributed by atoms with Crippen LogP contribution in [0.2, 0.25) is 0 Å². The minimum absolute atomic E-state index is 0. The summed E-state index contributed by atoms with van der Waals surface area (Å²) < 4.78 is 12.6. The number of benzene rings is 1. The molecule has 0 spiro atoms. The molecule has 2 heterocycles. The van der Waals surface area contributed by atoms with Crippen LogP contribution in [0, 0.1) is 5.92 Å². The van der Waals surface area contributed by atoms with Gasteiger partial charge in [-0.15, -0.1) is 24.8 Å². The summed E-state index contributed by atoms with van der Waals surface area (Å²) in [5.74, 6) is 2.11. The largest absolute Gasteiger partial charge is 0.497 e. The first kappa shape index (κ1) is 23.1. The van der Waals surface area contributed by atoms with Crippen LogP contribution < -0.4 is 20.1 Å². The van der Waals surface area contributed by atoms with Gasteiger partial charge >= 0.3 is 0 Å². The maximum Gasteiger partial charge on any atom is 0.225 e. The van der Waals surface area contributed by atoms with Crippen molar-refractivity contribution in [3.05, 3.63) is 42.0 Å². The van der Waals surface area contributed by atoms with Crippen molar-refractivity contribution >= 4 is 30.7 Å². The number of aryl methyl sites for hydroxylation is 1. The number of halogens is 2. The molecule has 0 aliphatic carbocycles. The molecule has 1 amide bonds. The summed E-state index contributed by atoms with van der Waals surface area (Å²) in [5, 5.41) is 6.37. The molecule has 1 aromatic carbocycles. The van der Waals surface area contributed by atoms with E-state index in [4.69, 9.17) is 9.47 Å². The van der Waals surface area contributed by atoms with Crippen LogP contribution in [-0.2, 0) is 11.8 Å². The number of carbonyl (C=O) groups is 1. The SMILES string of the molecule is COc1cc(OC)cc(C(NC(=O)C2CCNC2)c2nccn2C)c1.Cl.Cl. The van der Waals surface area contributed by atoms with E-state index in [1.165, 1.54) is 0 Å². The number of nitrogens with zero attached hydrogens (tertiary/aromatic N) is 2. The summed E-state index contributed by atoms with van der Waals surface area (Å²) in [7, 11) is 5.13. The van der Waals surface area contributed by atoms with Crippen molar-refractivity contribution in [2.75, 3.05) is 27.3 Å². The summed E-state index contributed by atoms with van der Waals surface area (Å²) in [6.07, 6.45) is 4.44. The average Bonchev–Trinajstić information content (AvgIpc) is 3.31. The Morgan fingerprint density at radius 3 is 2.41 bits per heavy atom. The van der Waals surface area contributed by atoms with Gasteiger partial charge in [0.05, 0.1) is 20.1 Å². The summed E-state index contributed by atoms with van der Waals surface area (Å²) in [4.78, 5) is 17.1. The van der Waals surface area contributed by atoms with Gasteiger partial charge in [-0.3, -0.25) is 4.79 Å². The van der Waals surface area contributed by atoms with Gasteiger partial charge in [0.1, 0.15) is 23.4 Å². The highest BCUT2D eigenvalue weighted by atomic mass is 35.5. The van der Waals surface area contributed by atoms with E-state index < -0.39 is 0 Å². The maximum atomic E-state index is 12.7.